The van der Waals surface area contributed by atoms with E-state index in [0.717, 1.165) is 19.3 Å². The third kappa shape index (κ3) is 8.74. The number of nitrogens with one attached hydrogen (secondary N) is 2. The first-order valence-corrected chi connectivity index (χ1v) is 13.2. The van der Waals surface area contributed by atoms with Gasteiger partial charge in [0.2, 0.25) is 17.7 Å². The predicted molar refractivity (Wildman–Crippen MR) is 144 cm³/mol. The predicted octanol–water partition coefficient (Wildman–Crippen LogP) is 5.73. The summed E-state index contributed by atoms with van der Waals surface area (Å²) in [5.41, 5.74) is 1.34. The van der Waals surface area contributed by atoms with Crippen molar-refractivity contribution in [3.8, 4) is 0 Å². The van der Waals surface area contributed by atoms with Gasteiger partial charge in [-0.3, -0.25) is 14.4 Å². The van der Waals surface area contributed by atoms with Crippen LogP contribution in [-0.4, -0.2) is 39.9 Å². The number of aromatic nitrogens is 1. The number of carbonyl (C=O) groups is 3. The first-order valence-electron chi connectivity index (χ1n) is 12.8. The molecule has 2 N–H and O–H groups in total. The molecule has 1 heterocycles. The molecular weight excluding hydrogens is 492 g/mol. The highest BCUT2D eigenvalue weighted by Gasteiger charge is 2.34. The van der Waals surface area contributed by atoms with E-state index in [0.29, 0.717) is 35.1 Å². The van der Waals surface area contributed by atoms with Crippen LogP contribution in [0.25, 0.3) is 0 Å². The molecule has 1 aromatic carbocycles. The second-order valence-corrected chi connectivity index (χ2v) is 10.9. The molecule has 3 rings (SSSR count). The van der Waals surface area contributed by atoms with Crippen molar-refractivity contribution in [2.75, 3.05) is 11.9 Å². The number of rotatable bonds is 10. The summed E-state index contributed by atoms with van der Waals surface area (Å²) < 4.78 is 4.97. The van der Waals surface area contributed by atoms with Crippen molar-refractivity contribution in [3.05, 3.63) is 58.3 Å². The van der Waals surface area contributed by atoms with E-state index in [1.54, 1.807) is 42.2 Å². The highest BCUT2D eigenvalue weighted by Crippen LogP contribution is 2.31. The van der Waals surface area contributed by atoms with Gasteiger partial charge in [0, 0.05) is 41.6 Å². The van der Waals surface area contributed by atoms with Crippen LogP contribution in [0, 0.1) is 6.92 Å². The van der Waals surface area contributed by atoms with Gasteiger partial charge < -0.3 is 20.1 Å². The second-order valence-electron chi connectivity index (χ2n) is 10.5. The molecule has 0 aliphatic heterocycles. The lowest BCUT2D eigenvalue weighted by Gasteiger charge is -2.34. The zero-order valence-electron chi connectivity index (χ0n) is 22.1. The minimum absolute atomic E-state index is 0.0555. The van der Waals surface area contributed by atoms with Gasteiger partial charge in [-0.15, -0.1) is 0 Å². The molecule has 0 fully saturated rings. The van der Waals surface area contributed by atoms with Gasteiger partial charge in [0.25, 0.3) is 0 Å². The summed E-state index contributed by atoms with van der Waals surface area (Å²) in [7, 11) is 0. The van der Waals surface area contributed by atoms with Gasteiger partial charge in [-0.25, -0.2) is 0 Å². The van der Waals surface area contributed by atoms with Crippen LogP contribution >= 0.6 is 11.6 Å². The summed E-state index contributed by atoms with van der Waals surface area (Å²) in [6.45, 7) is 7.75. The molecule has 1 atom stereocenters. The first kappa shape index (κ1) is 28.4. The molecule has 0 bridgehead atoms. The maximum Gasteiger partial charge on any atom is 0.247 e. The van der Waals surface area contributed by atoms with Crippen molar-refractivity contribution in [1.82, 2.24) is 15.4 Å². The smallest absolute Gasteiger partial charge is 0.247 e. The van der Waals surface area contributed by atoms with Crippen LogP contribution in [0.1, 0.15) is 83.1 Å². The molecule has 0 unspecified atom stereocenters. The van der Waals surface area contributed by atoms with Gasteiger partial charge in [0.1, 0.15) is 11.8 Å². The Morgan fingerprint density at radius 2 is 1.92 bits per heavy atom. The molecule has 1 aromatic heterocycles. The molecule has 0 spiro atoms. The maximum absolute atomic E-state index is 13.6. The van der Waals surface area contributed by atoms with Crippen LogP contribution in [0.4, 0.5) is 5.82 Å². The second kappa shape index (κ2) is 12.9. The number of nitrogens with zero attached hydrogens (tertiary/aromatic N) is 2. The van der Waals surface area contributed by atoms with E-state index in [4.69, 9.17) is 16.1 Å². The van der Waals surface area contributed by atoms with Gasteiger partial charge >= 0.3 is 0 Å². The van der Waals surface area contributed by atoms with Gasteiger partial charge in [0.15, 0.2) is 5.82 Å². The molecule has 9 heteroatoms. The molecule has 0 saturated heterocycles. The van der Waals surface area contributed by atoms with Crippen molar-refractivity contribution in [2.45, 2.75) is 84.2 Å². The Balaban J connectivity index is 1.85. The van der Waals surface area contributed by atoms with E-state index >= 15 is 0 Å². The molecule has 37 heavy (non-hydrogen) atoms. The Morgan fingerprint density at radius 3 is 2.54 bits per heavy atom. The van der Waals surface area contributed by atoms with Crippen LogP contribution < -0.4 is 10.6 Å². The van der Waals surface area contributed by atoms with Crippen LogP contribution in [0.3, 0.4) is 0 Å². The molecule has 1 aliphatic carbocycles. The number of anilines is 1. The first-order chi connectivity index (χ1) is 17.5. The van der Waals surface area contributed by atoms with Gasteiger partial charge in [-0.2, -0.15) is 0 Å². The summed E-state index contributed by atoms with van der Waals surface area (Å²) >= 11 is 6.54. The van der Waals surface area contributed by atoms with Gasteiger partial charge in [0.05, 0.1) is 0 Å². The summed E-state index contributed by atoms with van der Waals surface area (Å²) in [6.07, 6.45) is 7.10. The number of carbonyl (C=O) groups excluding carboxylic acids is 3. The average molecular weight is 529 g/mol. The van der Waals surface area contributed by atoms with E-state index in [2.05, 4.69) is 21.9 Å². The number of hydrogen-bond donors (Lipinski definition) is 2. The maximum atomic E-state index is 13.6. The fraction of sp³-hybridized carbons (Fsp3) is 0.500. The Labute approximate surface area is 223 Å². The van der Waals surface area contributed by atoms with Crippen molar-refractivity contribution in [1.29, 1.82) is 0 Å². The molecule has 3 amide bonds. The highest BCUT2D eigenvalue weighted by atomic mass is 35.5. The molecule has 1 aliphatic rings. The number of benzene rings is 1. The van der Waals surface area contributed by atoms with E-state index in [9.17, 15) is 14.4 Å². The lowest BCUT2D eigenvalue weighted by atomic mass is 9.96. The summed E-state index contributed by atoms with van der Waals surface area (Å²) in [6, 6.07) is 7.76. The van der Waals surface area contributed by atoms with Crippen molar-refractivity contribution in [2.24, 2.45) is 0 Å². The van der Waals surface area contributed by atoms with E-state index in [1.807, 2.05) is 20.8 Å². The van der Waals surface area contributed by atoms with E-state index in [-0.39, 0.29) is 30.6 Å². The lowest BCUT2D eigenvalue weighted by molar-refractivity contribution is -0.142. The summed E-state index contributed by atoms with van der Waals surface area (Å²) in [5, 5.41) is 9.82. The van der Waals surface area contributed by atoms with Crippen LogP contribution in [-0.2, 0) is 14.4 Å². The molecule has 200 valence electrons. The summed E-state index contributed by atoms with van der Waals surface area (Å²) in [5.74, 6) is -0.0902. The Hall–Kier alpha value is -3.13. The topological polar surface area (TPSA) is 105 Å². The monoisotopic (exact) mass is 528 g/mol. The van der Waals surface area contributed by atoms with Gasteiger partial charge in [-0.05, 0) is 65.9 Å². The largest absolute Gasteiger partial charge is 0.360 e. The molecular formula is C28H37ClN4O4. The fourth-order valence-corrected chi connectivity index (χ4v) is 4.61. The van der Waals surface area contributed by atoms with Crippen molar-refractivity contribution >= 4 is 35.1 Å². The third-order valence-electron chi connectivity index (χ3n) is 6.10. The van der Waals surface area contributed by atoms with Crippen LogP contribution in [0.5, 0.6) is 0 Å². The summed E-state index contributed by atoms with van der Waals surface area (Å²) in [4.78, 5) is 41.3. The van der Waals surface area contributed by atoms with Crippen LogP contribution in [0.2, 0.25) is 5.02 Å². The highest BCUT2D eigenvalue weighted by molar-refractivity contribution is 6.31. The lowest BCUT2D eigenvalue weighted by Crippen LogP contribution is -2.49. The SMILES string of the molecule is Cc1cc(NC(=O)CCC(=O)N(CCC2=CCCCC2)[C@H](C(=O)NC(C)(C)C)c2ccccc2Cl)no1. The fourth-order valence-electron chi connectivity index (χ4n) is 4.37. The molecule has 0 saturated carbocycles. The normalized spacial score (nSPS) is 14.5. The minimum Gasteiger partial charge on any atom is -0.360 e. The quantitative estimate of drug-likeness (QED) is 0.383. The number of aryl methyl sites for hydroxylation is 1. The number of halogens is 1. The number of hydrogen-bond acceptors (Lipinski definition) is 5. The number of allylic oxidation sites excluding steroid dienone is 1. The van der Waals surface area contributed by atoms with E-state index < -0.39 is 11.6 Å². The van der Waals surface area contributed by atoms with E-state index in [1.165, 1.54) is 12.0 Å². The Kier molecular flexibility index (Phi) is 9.92. The average Bonchev–Trinajstić information content (AvgIpc) is 3.24. The zero-order valence-corrected chi connectivity index (χ0v) is 22.9. The number of amides is 3. The minimum atomic E-state index is -0.925. The van der Waals surface area contributed by atoms with Crippen molar-refractivity contribution < 1.29 is 18.9 Å². The zero-order chi connectivity index (χ0) is 27.0. The molecule has 8 nitrogen and oxygen atoms in total. The third-order valence-corrected chi connectivity index (χ3v) is 6.44. The molecule has 2 aromatic rings. The Morgan fingerprint density at radius 1 is 1.16 bits per heavy atom. The Bertz CT molecular complexity index is 1140. The van der Waals surface area contributed by atoms with Gasteiger partial charge in [-0.1, -0.05) is 46.6 Å². The molecule has 0 radical (unpaired) electrons. The van der Waals surface area contributed by atoms with Crippen LogP contribution in [0.15, 0.2) is 46.5 Å². The standard InChI is InChI=1S/C28H37ClN4O4/c1-19-18-23(32-37-19)30-24(34)14-15-25(35)33(17-16-20-10-6-5-7-11-20)26(27(36)31-28(2,3)4)21-12-8-9-13-22(21)29/h8-10,12-13,18,26H,5-7,11,14-17H2,1-4H3,(H,31,36)(H,30,32,34)/t26-/m0/s1. The van der Waals surface area contributed by atoms with Crippen molar-refractivity contribution in [3.63, 3.8) is 0 Å².